The molecule has 1 fully saturated rings. The highest BCUT2D eigenvalue weighted by Crippen LogP contribution is 2.28. The number of hydrogen-bond acceptors (Lipinski definition) is 3. The zero-order chi connectivity index (χ0) is 14.0. The van der Waals surface area contributed by atoms with Crippen molar-refractivity contribution < 1.29 is 12.8 Å². The molecular formula is C13H20ClFN2O2S. The minimum atomic E-state index is -3.61. The number of nitrogens with zero attached hydrogens (tertiary/aromatic N) is 1. The van der Waals surface area contributed by atoms with Crippen molar-refractivity contribution in [2.45, 2.75) is 30.7 Å². The van der Waals surface area contributed by atoms with Gasteiger partial charge in [0.2, 0.25) is 10.0 Å². The summed E-state index contributed by atoms with van der Waals surface area (Å²) in [4.78, 5) is 0.0792. The molecular weight excluding hydrogens is 303 g/mol. The van der Waals surface area contributed by atoms with Crippen LogP contribution in [0.3, 0.4) is 0 Å². The molecule has 20 heavy (non-hydrogen) atoms. The maximum atomic E-state index is 13.5. The standard InChI is InChI=1S/C13H19FN2O2S.ClH/c1-10-12(14)6-3-7-13(10)19(17,18)16-8-4-5-11(16)9-15-2;/h3,6-7,11,15H,4-5,8-9H2,1-2H3;1H. The first-order valence-corrected chi connectivity index (χ1v) is 7.84. The average molecular weight is 323 g/mol. The number of likely N-dealkylation sites (N-methyl/N-ethyl adjacent to an activating group) is 1. The van der Waals surface area contributed by atoms with Crippen LogP contribution in [-0.4, -0.2) is 38.9 Å². The molecule has 1 aromatic carbocycles. The molecule has 0 spiro atoms. The van der Waals surface area contributed by atoms with Gasteiger partial charge in [-0.3, -0.25) is 0 Å². The molecule has 0 saturated carbocycles. The van der Waals surface area contributed by atoms with Gasteiger partial charge < -0.3 is 5.32 Å². The van der Waals surface area contributed by atoms with Crippen LogP contribution in [-0.2, 0) is 10.0 Å². The molecule has 1 aliphatic heterocycles. The quantitative estimate of drug-likeness (QED) is 0.921. The van der Waals surface area contributed by atoms with E-state index in [1.165, 1.54) is 29.4 Å². The van der Waals surface area contributed by atoms with Crippen LogP contribution in [0.25, 0.3) is 0 Å². The summed E-state index contributed by atoms with van der Waals surface area (Å²) in [5.41, 5.74) is 0.192. The van der Waals surface area contributed by atoms with E-state index >= 15 is 0 Å². The predicted molar refractivity (Wildman–Crippen MR) is 79.2 cm³/mol. The smallest absolute Gasteiger partial charge is 0.243 e. The van der Waals surface area contributed by atoms with Gasteiger partial charge in [0.05, 0.1) is 4.90 Å². The lowest BCUT2D eigenvalue weighted by Crippen LogP contribution is -2.41. The van der Waals surface area contributed by atoms with E-state index < -0.39 is 15.8 Å². The highest BCUT2D eigenvalue weighted by atomic mass is 35.5. The molecule has 4 nitrogen and oxygen atoms in total. The minimum Gasteiger partial charge on any atom is -0.318 e. The van der Waals surface area contributed by atoms with Gasteiger partial charge in [0.25, 0.3) is 0 Å². The molecule has 1 aliphatic rings. The van der Waals surface area contributed by atoms with Crippen molar-refractivity contribution in [3.63, 3.8) is 0 Å². The summed E-state index contributed by atoms with van der Waals surface area (Å²) in [7, 11) is -1.81. The molecule has 0 amide bonds. The Bertz CT molecular complexity index is 565. The summed E-state index contributed by atoms with van der Waals surface area (Å²) in [6, 6.07) is 4.15. The summed E-state index contributed by atoms with van der Waals surface area (Å²) in [6.07, 6.45) is 1.69. The third kappa shape index (κ3) is 3.14. The second-order valence-electron chi connectivity index (χ2n) is 4.83. The number of sulfonamides is 1. The van der Waals surface area contributed by atoms with Crippen LogP contribution < -0.4 is 5.32 Å². The van der Waals surface area contributed by atoms with E-state index in [-0.39, 0.29) is 28.9 Å². The fraction of sp³-hybridized carbons (Fsp3) is 0.538. The molecule has 1 saturated heterocycles. The zero-order valence-corrected chi connectivity index (χ0v) is 13.2. The monoisotopic (exact) mass is 322 g/mol. The lowest BCUT2D eigenvalue weighted by Gasteiger charge is -2.24. The Labute approximate surface area is 125 Å². The van der Waals surface area contributed by atoms with Crippen LogP contribution in [0.4, 0.5) is 4.39 Å². The number of rotatable bonds is 4. The van der Waals surface area contributed by atoms with Gasteiger partial charge in [0.1, 0.15) is 5.82 Å². The molecule has 1 N–H and O–H groups in total. The fourth-order valence-corrected chi connectivity index (χ4v) is 4.49. The van der Waals surface area contributed by atoms with Crippen LogP contribution in [0, 0.1) is 12.7 Å². The van der Waals surface area contributed by atoms with Crippen molar-refractivity contribution in [3.05, 3.63) is 29.6 Å². The zero-order valence-electron chi connectivity index (χ0n) is 11.6. The van der Waals surface area contributed by atoms with Crippen LogP contribution in [0.15, 0.2) is 23.1 Å². The van der Waals surface area contributed by atoms with E-state index in [0.29, 0.717) is 13.1 Å². The van der Waals surface area contributed by atoms with Crippen LogP contribution in [0.2, 0.25) is 0 Å². The molecule has 2 rings (SSSR count). The largest absolute Gasteiger partial charge is 0.318 e. The Hall–Kier alpha value is -0.690. The summed E-state index contributed by atoms with van der Waals surface area (Å²) < 4.78 is 40.3. The van der Waals surface area contributed by atoms with E-state index in [1.54, 1.807) is 7.05 Å². The number of benzene rings is 1. The van der Waals surface area contributed by atoms with Gasteiger partial charge in [-0.2, -0.15) is 4.31 Å². The van der Waals surface area contributed by atoms with E-state index in [2.05, 4.69) is 5.32 Å². The van der Waals surface area contributed by atoms with Crippen molar-refractivity contribution in [2.24, 2.45) is 0 Å². The summed E-state index contributed by atoms with van der Waals surface area (Å²) >= 11 is 0. The predicted octanol–water partition coefficient (Wildman–Crippen LogP) is 1.93. The van der Waals surface area contributed by atoms with Gasteiger partial charge >= 0.3 is 0 Å². The van der Waals surface area contributed by atoms with Crippen LogP contribution in [0.1, 0.15) is 18.4 Å². The van der Waals surface area contributed by atoms with E-state index in [4.69, 9.17) is 0 Å². The second-order valence-corrected chi connectivity index (χ2v) is 6.69. The highest BCUT2D eigenvalue weighted by molar-refractivity contribution is 7.89. The van der Waals surface area contributed by atoms with Gasteiger partial charge in [-0.25, -0.2) is 12.8 Å². The lowest BCUT2D eigenvalue weighted by molar-refractivity contribution is 0.378. The third-order valence-corrected chi connectivity index (χ3v) is 5.66. The van der Waals surface area contributed by atoms with Gasteiger partial charge in [0, 0.05) is 24.7 Å². The van der Waals surface area contributed by atoms with E-state index in [9.17, 15) is 12.8 Å². The first-order chi connectivity index (χ1) is 8.98. The Balaban J connectivity index is 0.00000200. The summed E-state index contributed by atoms with van der Waals surface area (Å²) in [6.45, 7) is 2.63. The van der Waals surface area contributed by atoms with Gasteiger partial charge in [-0.1, -0.05) is 6.07 Å². The van der Waals surface area contributed by atoms with Gasteiger partial charge in [-0.15, -0.1) is 12.4 Å². The second kappa shape index (κ2) is 6.85. The SMILES string of the molecule is CNCC1CCCN1S(=O)(=O)c1cccc(F)c1C.Cl. The molecule has 0 aliphatic carbocycles. The van der Waals surface area contributed by atoms with Crippen LogP contribution in [0.5, 0.6) is 0 Å². The lowest BCUT2D eigenvalue weighted by atomic mass is 10.2. The number of hydrogen-bond donors (Lipinski definition) is 1. The normalized spacial score (nSPS) is 19.9. The Morgan fingerprint density at radius 1 is 1.45 bits per heavy atom. The molecule has 1 atom stereocenters. The topological polar surface area (TPSA) is 49.4 Å². The molecule has 0 radical (unpaired) electrons. The molecule has 7 heteroatoms. The molecule has 0 bridgehead atoms. The first kappa shape index (κ1) is 17.4. The van der Waals surface area contributed by atoms with Crippen molar-refractivity contribution in [1.29, 1.82) is 0 Å². The highest BCUT2D eigenvalue weighted by Gasteiger charge is 2.35. The van der Waals surface area contributed by atoms with E-state index in [1.807, 2.05) is 0 Å². The number of nitrogens with one attached hydrogen (secondary N) is 1. The minimum absolute atomic E-state index is 0. The maximum Gasteiger partial charge on any atom is 0.243 e. The molecule has 1 unspecified atom stereocenters. The van der Waals surface area contributed by atoms with Crippen molar-refractivity contribution in [1.82, 2.24) is 9.62 Å². The Morgan fingerprint density at radius 3 is 2.80 bits per heavy atom. The van der Waals surface area contributed by atoms with Gasteiger partial charge in [0.15, 0.2) is 0 Å². The molecule has 0 aromatic heterocycles. The summed E-state index contributed by atoms with van der Waals surface area (Å²) in [5.74, 6) is -0.481. The molecule has 114 valence electrons. The van der Waals surface area contributed by atoms with Crippen LogP contribution >= 0.6 is 12.4 Å². The Morgan fingerprint density at radius 2 is 2.15 bits per heavy atom. The molecule has 1 heterocycles. The van der Waals surface area contributed by atoms with Gasteiger partial charge in [-0.05, 0) is 38.9 Å². The first-order valence-electron chi connectivity index (χ1n) is 6.40. The fourth-order valence-electron chi connectivity index (χ4n) is 2.56. The van der Waals surface area contributed by atoms with Crippen molar-refractivity contribution in [2.75, 3.05) is 20.1 Å². The summed E-state index contributed by atoms with van der Waals surface area (Å²) in [5, 5.41) is 3.01. The third-order valence-electron chi connectivity index (χ3n) is 3.57. The van der Waals surface area contributed by atoms with Crippen molar-refractivity contribution >= 4 is 22.4 Å². The Kier molecular flexibility index (Phi) is 5.94. The molecule has 1 aromatic rings. The average Bonchev–Trinajstić information content (AvgIpc) is 2.82. The maximum absolute atomic E-state index is 13.5. The van der Waals surface area contributed by atoms with E-state index in [0.717, 1.165) is 12.8 Å². The van der Waals surface area contributed by atoms with Crippen molar-refractivity contribution in [3.8, 4) is 0 Å². The number of halogens is 2.